The monoisotopic (exact) mass is 395 g/mol. The van der Waals surface area contributed by atoms with Crippen LogP contribution in [0.25, 0.3) is 0 Å². The van der Waals surface area contributed by atoms with Crippen LogP contribution in [0.1, 0.15) is 42.0 Å². The Labute approximate surface area is 172 Å². The molecule has 2 heterocycles. The number of amides is 1. The predicted molar refractivity (Wildman–Crippen MR) is 114 cm³/mol. The van der Waals surface area contributed by atoms with E-state index in [4.69, 9.17) is 4.74 Å². The van der Waals surface area contributed by atoms with Gasteiger partial charge in [0.05, 0.1) is 12.8 Å². The van der Waals surface area contributed by atoms with Crippen LogP contribution in [0.15, 0.2) is 30.3 Å². The van der Waals surface area contributed by atoms with Crippen LogP contribution in [0.2, 0.25) is 0 Å². The molecule has 0 unspecified atom stereocenters. The highest BCUT2D eigenvalue weighted by Gasteiger charge is 2.25. The van der Waals surface area contributed by atoms with E-state index in [1.54, 1.807) is 13.2 Å². The largest absolute Gasteiger partial charge is 0.495 e. The van der Waals surface area contributed by atoms with E-state index in [0.29, 0.717) is 30.6 Å². The molecular weight excluding hydrogens is 366 g/mol. The third kappa shape index (κ3) is 4.44. The summed E-state index contributed by atoms with van der Waals surface area (Å²) in [5.74, 6) is 2.23. The standard InChI is InChI=1S/C22H29N5O2/c1-16-23-18(15-21(24-16)25-17-7-3-4-8-17)22(28)27-13-11-26(12-14-27)19-9-5-6-10-20(19)29-2/h5-6,9-10,15,17H,3-4,7-8,11-14H2,1-2H3,(H,23,24,25). The molecule has 1 amide bonds. The number of benzene rings is 1. The van der Waals surface area contributed by atoms with Crippen LogP contribution >= 0.6 is 0 Å². The van der Waals surface area contributed by atoms with Crippen molar-refractivity contribution in [3.8, 4) is 5.75 Å². The normalized spacial score (nSPS) is 17.4. The number of rotatable bonds is 5. The lowest BCUT2D eigenvalue weighted by molar-refractivity contribution is 0.0740. The summed E-state index contributed by atoms with van der Waals surface area (Å²) in [6.45, 7) is 4.69. The Hall–Kier alpha value is -2.83. The SMILES string of the molecule is COc1ccccc1N1CCN(C(=O)c2cc(NC3CCCC3)nc(C)n2)CC1. The van der Waals surface area contributed by atoms with E-state index in [9.17, 15) is 4.79 Å². The number of ether oxygens (including phenoxy) is 1. The maximum Gasteiger partial charge on any atom is 0.272 e. The van der Waals surface area contributed by atoms with Crippen molar-refractivity contribution in [1.82, 2.24) is 14.9 Å². The number of methoxy groups -OCH3 is 1. The summed E-state index contributed by atoms with van der Waals surface area (Å²) in [7, 11) is 1.69. The van der Waals surface area contributed by atoms with Crippen molar-refractivity contribution in [2.24, 2.45) is 0 Å². The van der Waals surface area contributed by atoms with Crippen LogP contribution < -0.4 is 15.0 Å². The van der Waals surface area contributed by atoms with Gasteiger partial charge in [-0.2, -0.15) is 0 Å². The molecule has 7 nitrogen and oxygen atoms in total. The van der Waals surface area contributed by atoms with Gasteiger partial charge in [0.2, 0.25) is 0 Å². The van der Waals surface area contributed by atoms with Crippen molar-refractivity contribution >= 4 is 17.4 Å². The molecule has 1 saturated heterocycles. The molecule has 1 aliphatic carbocycles. The number of aromatic nitrogens is 2. The Morgan fingerprint density at radius 2 is 1.83 bits per heavy atom. The molecule has 29 heavy (non-hydrogen) atoms. The average Bonchev–Trinajstić information content (AvgIpc) is 3.26. The van der Waals surface area contributed by atoms with Gasteiger partial charge in [0.1, 0.15) is 23.1 Å². The summed E-state index contributed by atoms with van der Waals surface area (Å²) < 4.78 is 5.48. The quantitative estimate of drug-likeness (QED) is 0.839. The predicted octanol–water partition coefficient (Wildman–Crippen LogP) is 3.11. The summed E-state index contributed by atoms with van der Waals surface area (Å²) in [6, 6.07) is 10.3. The van der Waals surface area contributed by atoms with Crippen LogP contribution in [0.4, 0.5) is 11.5 Å². The third-order valence-corrected chi connectivity index (χ3v) is 5.76. The highest BCUT2D eigenvalue weighted by atomic mass is 16.5. The second-order valence-electron chi connectivity index (χ2n) is 7.76. The Morgan fingerprint density at radius 1 is 1.10 bits per heavy atom. The van der Waals surface area contributed by atoms with Gasteiger partial charge < -0.3 is 19.9 Å². The lowest BCUT2D eigenvalue weighted by Crippen LogP contribution is -2.49. The lowest BCUT2D eigenvalue weighted by Gasteiger charge is -2.36. The van der Waals surface area contributed by atoms with Gasteiger partial charge in [0, 0.05) is 38.3 Å². The van der Waals surface area contributed by atoms with Gasteiger partial charge in [-0.25, -0.2) is 9.97 Å². The molecule has 2 aliphatic rings. The molecule has 0 radical (unpaired) electrons. The average molecular weight is 396 g/mol. The summed E-state index contributed by atoms with van der Waals surface area (Å²) in [4.78, 5) is 26.1. The molecule has 0 bridgehead atoms. The van der Waals surface area contributed by atoms with Crippen molar-refractivity contribution < 1.29 is 9.53 Å². The van der Waals surface area contributed by atoms with Crippen molar-refractivity contribution in [3.63, 3.8) is 0 Å². The van der Waals surface area contributed by atoms with Gasteiger partial charge in [-0.15, -0.1) is 0 Å². The first-order valence-electron chi connectivity index (χ1n) is 10.4. The lowest BCUT2D eigenvalue weighted by atomic mass is 10.2. The molecule has 4 rings (SSSR count). The summed E-state index contributed by atoms with van der Waals surface area (Å²) in [5, 5.41) is 3.48. The summed E-state index contributed by atoms with van der Waals surface area (Å²) in [5.41, 5.74) is 1.55. The Kier molecular flexibility index (Phi) is 5.83. The minimum absolute atomic E-state index is 0.0235. The molecule has 1 aromatic carbocycles. The van der Waals surface area contributed by atoms with Crippen LogP contribution in [-0.2, 0) is 0 Å². The van der Waals surface area contributed by atoms with Crippen molar-refractivity contribution in [2.75, 3.05) is 43.5 Å². The second-order valence-corrected chi connectivity index (χ2v) is 7.76. The zero-order valence-corrected chi connectivity index (χ0v) is 17.2. The van der Waals surface area contributed by atoms with E-state index in [0.717, 1.165) is 43.2 Å². The number of anilines is 2. The molecule has 2 fully saturated rings. The van der Waals surface area contributed by atoms with Gasteiger partial charge in [-0.05, 0) is 31.9 Å². The van der Waals surface area contributed by atoms with Gasteiger partial charge in [-0.3, -0.25) is 4.79 Å². The van der Waals surface area contributed by atoms with Crippen molar-refractivity contribution in [1.29, 1.82) is 0 Å². The van der Waals surface area contributed by atoms with Crippen LogP contribution in [0, 0.1) is 6.92 Å². The molecule has 1 aromatic heterocycles. The number of nitrogens with zero attached hydrogens (tertiary/aromatic N) is 4. The zero-order valence-electron chi connectivity index (χ0n) is 17.2. The molecule has 0 atom stereocenters. The zero-order chi connectivity index (χ0) is 20.2. The van der Waals surface area contributed by atoms with Gasteiger partial charge in [0.15, 0.2) is 0 Å². The Bertz CT molecular complexity index is 858. The molecule has 7 heteroatoms. The minimum Gasteiger partial charge on any atom is -0.495 e. The highest BCUT2D eigenvalue weighted by Crippen LogP contribution is 2.28. The first-order chi connectivity index (χ1) is 14.1. The van der Waals surface area contributed by atoms with Crippen molar-refractivity contribution in [2.45, 2.75) is 38.6 Å². The first-order valence-corrected chi connectivity index (χ1v) is 10.4. The number of aryl methyl sites for hydroxylation is 1. The molecular formula is C22H29N5O2. The number of para-hydroxylation sites is 2. The number of hydrogen-bond donors (Lipinski definition) is 1. The fourth-order valence-electron chi connectivity index (χ4n) is 4.23. The maximum atomic E-state index is 13.1. The summed E-state index contributed by atoms with van der Waals surface area (Å²) in [6.07, 6.45) is 4.84. The van der Waals surface area contributed by atoms with E-state index in [1.165, 1.54) is 12.8 Å². The van der Waals surface area contributed by atoms with Crippen molar-refractivity contribution in [3.05, 3.63) is 41.9 Å². The van der Waals surface area contributed by atoms with E-state index >= 15 is 0 Å². The Balaban J connectivity index is 1.42. The summed E-state index contributed by atoms with van der Waals surface area (Å²) >= 11 is 0. The molecule has 154 valence electrons. The number of piperazine rings is 1. The van der Waals surface area contributed by atoms with E-state index in [-0.39, 0.29) is 5.91 Å². The van der Waals surface area contributed by atoms with Gasteiger partial charge in [-0.1, -0.05) is 25.0 Å². The first kappa shape index (κ1) is 19.5. The molecule has 2 aromatic rings. The minimum atomic E-state index is -0.0235. The number of carbonyl (C=O) groups is 1. The van der Waals surface area contributed by atoms with Crippen LogP contribution in [0.5, 0.6) is 5.75 Å². The van der Waals surface area contributed by atoms with Gasteiger partial charge in [0.25, 0.3) is 5.91 Å². The highest BCUT2D eigenvalue weighted by molar-refractivity contribution is 5.93. The van der Waals surface area contributed by atoms with Gasteiger partial charge >= 0.3 is 0 Å². The van der Waals surface area contributed by atoms with E-state index in [1.807, 2.05) is 30.0 Å². The fourth-order valence-corrected chi connectivity index (χ4v) is 4.23. The number of hydrogen-bond acceptors (Lipinski definition) is 6. The fraction of sp³-hybridized carbons (Fsp3) is 0.500. The molecule has 1 saturated carbocycles. The van der Waals surface area contributed by atoms with Crippen LogP contribution in [0.3, 0.4) is 0 Å². The van der Waals surface area contributed by atoms with E-state index < -0.39 is 0 Å². The molecule has 1 N–H and O–H groups in total. The third-order valence-electron chi connectivity index (χ3n) is 5.76. The molecule has 1 aliphatic heterocycles. The topological polar surface area (TPSA) is 70.6 Å². The Morgan fingerprint density at radius 3 is 2.55 bits per heavy atom. The maximum absolute atomic E-state index is 13.1. The number of nitrogens with one attached hydrogen (secondary N) is 1. The van der Waals surface area contributed by atoms with Crippen LogP contribution in [-0.4, -0.2) is 60.1 Å². The number of carbonyl (C=O) groups excluding carboxylic acids is 1. The second kappa shape index (κ2) is 8.68. The smallest absolute Gasteiger partial charge is 0.272 e. The van der Waals surface area contributed by atoms with E-state index in [2.05, 4.69) is 26.3 Å². The molecule has 0 spiro atoms.